The standard InChI is InChI=1S/C15H20F3N3O5S/c1-2-3-8-25-13(22)20-6-4-14(10-20)5-7-21-11(14)9-12(19-21)26-27(23,24)15(16,17)18/h9H,2-8,10H2,1H3. The van der Waals surface area contributed by atoms with Gasteiger partial charge in [-0.1, -0.05) is 13.3 Å². The van der Waals surface area contributed by atoms with Crippen molar-refractivity contribution in [3.05, 3.63) is 11.8 Å². The fourth-order valence-corrected chi connectivity index (χ4v) is 3.88. The minimum atomic E-state index is -5.77. The van der Waals surface area contributed by atoms with Gasteiger partial charge in [0.1, 0.15) is 0 Å². The van der Waals surface area contributed by atoms with Crippen molar-refractivity contribution >= 4 is 16.2 Å². The molecule has 1 fully saturated rings. The Morgan fingerprint density at radius 3 is 2.70 bits per heavy atom. The van der Waals surface area contributed by atoms with Crippen LogP contribution in [0, 0.1) is 0 Å². The molecule has 1 saturated heterocycles. The second kappa shape index (κ2) is 6.88. The average molecular weight is 411 g/mol. The SMILES string of the molecule is CCCCOC(=O)N1CCC2(CCn3nc(OS(=O)(=O)C(F)(F)F)cc32)C1. The summed E-state index contributed by atoms with van der Waals surface area (Å²) >= 11 is 0. The molecule has 0 aromatic carbocycles. The van der Waals surface area contributed by atoms with Crippen LogP contribution < -0.4 is 4.18 Å². The third-order valence-electron chi connectivity index (χ3n) is 4.92. The molecule has 1 spiro atoms. The van der Waals surface area contributed by atoms with E-state index in [1.807, 2.05) is 6.92 Å². The van der Waals surface area contributed by atoms with E-state index < -0.39 is 33.0 Å². The second-order valence-corrected chi connectivity index (χ2v) is 8.28. The van der Waals surface area contributed by atoms with Crippen LogP contribution in [0.4, 0.5) is 18.0 Å². The number of rotatable bonds is 5. The molecule has 3 heterocycles. The third kappa shape index (κ3) is 3.71. The Kier molecular flexibility index (Phi) is 5.04. The van der Waals surface area contributed by atoms with Gasteiger partial charge >= 0.3 is 21.7 Å². The Morgan fingerprint density at radius 2 is 2.04 bits per heavy atom. The van der Waals surface area contributed by atoms with Crippen molar-refractivity contribution in [3.8, 4) is 5.88 Å². The number of fused-ring (bicyclic) bond motifs is 2. The number of halogens is 3. The first kappa shape index (κ1) is 19.8. The summed E-state index contributed by atoms with van der Waals surface area (Å²) in [6.45, 7) is 3.52. The van der Waals surface area contributed by atoms with Crippen LogP contribution in [0.25, 0.3) is 0 Å². The van der Waals surface area contributed by atoms with Gasteiger partial charge in [-0.15, -0.1) is 5.10 Å². The third-order valence-corrected chi connectivity index (χ3v) is 5.87. The zero-order valence-electron chi connectivity index (χ0n) is 14.7. The molecular weight excluding hydrogens is 391 g/mol. The van der Waals surface area contributed by atoms with E-state index in [-0.39, 0.29) is 0 Å². The molecule has 0 radical (unpaired) electrons. The van der Waals surface area contributed by atoms with Gasteiger partial charge in [0.15, 0.2) is 0 Å². The highest BCUT2D eigenvalue weighted by molar-refractivity contribution is 7.87. The monoisotopic (exact) mass is 411 g/mol. The molecular formula is C15H20F3N3O5S. The molecule has 1 aromatic rings. The lowest BCUT2D eigenvalue weighted by molar-refractivity contribution is -0.0501. The number of hydrogen-bond donors (Lipinski definition) is 0. The molecule has 12 heteroatoms. The van der Waals surface area contributed by atoms with Crippen molar-refractivity contribution in [1.82, 2.24) is 14.7 Å². The molecule has 27 heavy (non-hydrogen) atoms. The molecule has 0 saturated carbocycles. The zero-order valence-corrected chi connectivity index (χ0v) is 15.5. The summed E-state index contributed by atoms with van der Waals surface area (Å²) in [6.07, 6.45) is 2.49. The van der Waals surface area contributed by atoms with E-state index >= 15 is 0 Å². The molecule has 0 N–H and O–H groups in total. The molecule has 2 aliphatic heterocycles. The van der Waals surface area contributed by atoms with E-state index in [4.69, 9.17) is 4.74 Å². The highest BCUT2D eigenvalue weighted by atomic mass is 32.2. The number of aromatic nitrogens is 2. The Morgan fingerprint density at radius 1 is 1.33 bits per heavy atom. The maximum absolute atomic E-state index is 12.5. The smallest absolute Gasteiger partial charge is 0.449 e. The van der Waals surface area contributed by atoms with E-state index in [1.54, 1.807) is 4.90 Å². The molecule has 152 valence electrons. The van der Waals surface area contributed by atoms with Crippen LogP contribution in [0.3, 0.4) is 0 Å². The van der Waals surface area contributed by atoms with Crippen LogP contribution in [-0.4, -0.2) is 54.4 Å². The number of carbonyl (C=O) groups excluding carboxylic acids is 1. The highest BCUT2D eigenvalue weighted by Crippen LogP contribution is 2.44. The van der Waals surface area contributed by atoms with E-state index in [2.05, 4.69) is 9.28 Å². The lowest BCUT2D eigenvalue weighted by Gasteiger charge is -2.23. The number of nitrogens with zero attached hydrogens (tertiary/aromatic N) is 3. The summed E-state index contributed by atoms with van der Waals surface area (Å²) in [5.74, 6) is -0.620. The molecule has 0 bridgehead atoms. The van der Waals surface area contributed by atoms with Gasteiger partial charge in [0.2, 0.25) is 0 Å². The van der Waals surface area contributed by atoms with Gasteiger partial charge in [-0.05, 0) is 19.3 Å². The predicted octanol–water partition coefficient (Wildman–Crippen LogP) is 2.40. The van der Waals surface area contributed by atoms with Gasteiger partial charge in [-0.2, -0.15) is 21.6 Å². The van der Waals surface area contributed by atoms with Crippen LogP contribution >= 0.6 is 0 Å². The van der Waals surface area contributed by atoms with Crippen molar-refractivity contribution in [2.75, 3.05) is 19.7 Å². The number of aryl methyl sites for hydroxylation is 1. The average Bonchev–Trinajstić information content (AvgIpc) is 3.24. The van der Waals surface area contributed by atoms with Crippen molar-refractivity contribution < 1.29 is 35.3 Å². The number of ether oxygens (including phenoxy) is 1. The topological polar surface area (TPSA) is 90.7 Å². The molecule has 1 unspecified atom stereocenters. The summed E-state index contributed by atoms with van der Waals surface area (Å²) in [4.78, 5) is 13.7. The summed E-state index contributed by atoms with van der Waals surface area (Å²) in [6, 6.07) is 1.21. The van der Waals surface area contributed by atoms with Gasteiger partial charge < -0.3 is 13.8 Å². The Balaban J connectivity index is 1.72. The second-order valence-electron chi connectivity index (χ2n) is 6.74. The van der Waals surface area contributed by atoms with E-state index in [9.17, 15) is 26.4 Å². The van der Waals surface area contributed by atoms with Gasteiger partial charge in [-0.3, -0.25) is 4.68 Å². The molecule has 8 nitrogen and oxygen atoms in total. The Bertz CT molecular complexity index is 823. The van der Waals surface area contributed by atoms with Crippen molar-refractivity contribution in [1.29, 1.82) is 0 Å². The fourth-order valence-electron chi connectivity index (χ4n) is 3.48. The summed E-state index contributed by atoms with van der Waals surface area (Å²) in [5, 5.41) is 3.82. The largest absolute Gasteiger partial charge is 0.534 e. The van der Waals surface area contributed by atoms with E-state index in [0.29, 0.717) is 44.8 Å². The van der Waals surface area contributed by atoms with Crippen molar-refractivity contribution in [3.63, 3.8) is 0 Å². The van der Waals surface area contributed by atoms with Crippen LogP contribution in [0.1, 0.15) is 38.3 Å². The number of hydrogen-bond acceptors (Lipinski definition) is 6. The predicted molar refractivity (Wildman–Crippen MR) is 86.6 cm³/mol. The summed E-state index contributed by atoms with van der Waals surface area (Å²) in [7, 11) is -5.77. The Hall–Kier alpha value is -1.98. The molecule has 0 aliphatic carbocycles. The Labute approximate surface area is 154 Å². The van der Waals surface area contributed by atoms with Crippen molar-refractivity contribution in [2.24, 2.45) is 0 Å². The van der Waals surface area contributed by atoms with Gasteiger partial charge in [0, 0.05) is 31.1 Å². The summed E-state index contributed by atoms with van der Waals surface area (Å²) in [5.41, 5.74) is -5.44. The van der Waals surface area contributed by atoms with Crippen LogP contribution in [0.15, 0.2) is 6.07 Å². The van der Waals surface area contributed by atoms with E-state index in [0.717, 1.165) is 12.8 Å². The minimum Gasteiger partial charge on any atom is -0.449 e. The normalized spacial score (nSPS) is 22.3. The number of alkyl halides is 3. The maximum Gasteiger partial charge on any atom is 0.534 e. The zero-order chi connectivity index (χ0) is 19.9. The molecule has 1 atom stereocenters. The van der Waals surface area contributed by atoms with Gasteiger partial charge in [-0.25, -0.2) is 4.79 Å². The van der Waals surface area contributed by atoms with Crippen molar-refractivity contribution in [2.45, 2.75) is 50.1 Å². The lowest BCUT2D eigenvalue weighted by atomic mass is 9.83. The maximum atomic E-state index is 12.5. The van der Waals surface area contributed by atoms with Crippen LogP contribution in [0.5, 0.6) is 5.88 Å². The van der Waals surface area contributed by atoms with E-state index in [1.165, 1.54) is 10.7 Å². The highest BCUT2D eigenvalue weighted by Gasteiger charge is 2.51. The number of amides is 1. The first-order chi connectivity index (χ1) is 12.6. The molecule has 1 amide bonds. The fraction of sp³-hybridized carbons (Fsp3) is 0.733. The first-order valence-corrected chi connectivity index (χ1v) is 9.99. The number of carbonyl (C=O) groups is 1. The van der Waals surface area contributed by atoms with Gasteiger partial charge in [0.05, 0.1) is 12.3 Å². The molecule has 3 rings (SSSR count). The molecule has 1 aromatic heterocycles. The first-order valence-electron chi connectivity index (χ1n) is 8.59. The molecule has 2 aliphatic rings. The van der Waals surface area contributed by atoms with Crippen LogP contribution in [-0.2, 0) is 26.8 Å². The summed E-state index contributed by atoms with van der Waals surface area (Å²) < 4.78 is 70.5. The van der Waals surface area contributed by atoms with Gasteiger partial charge in [0.25, 0.3) is 5.88 Å². The minimum absolute atomic E-state index is 0.337. The number of likely N-dealkylation sites (tertiary alicyclic amines) is 1. The lowest BCUT2D eigenvalue weighted by Crippen LogP contribution is -2.34. The quantitative estimate of drug-likeness (QED) is 0.420. The number of unbranched alkanes of at least 4 members (excludes halogenated alkanes) is 1. The van der Waals surface area contributed by atoms with Crippen LogP contribution in [0.2, 0.25) is 0 Å².